The van der Waals surface area contributed by atoms with Gasteiger partial charge in [-0.25, -0.2) is 0 Å². The molecule has 0 saturated carbocycles. The lowest BCUT2D eigenvalue weighted by atomic mass is 10.1. The highest BCUT2D eigenvalue weighted by atomic mass is 35.5. The van der Waals surface area contributed by atoms with E-state index < -0.39 is 0 Å². The number of ether oxygens (including phenoxy) is 3. The number of hydrogen-bond acceptors (Lipinski definition) is 4. The molecule has 2 heterocycles. The molecule has 1 amide bonds. The number of rotatable bonds is 4. The van der Waals surface area contributed by atoms with Gasteiger partial charge in [0.25, 0.3) is 0 Å². The molecule has 0 fully saturated rings. The van der Waals surface area contributed by atoms with Crippen LogP contribution in [0.15, 0.2) is 42.5 Å². The molecule has 4 rings (SSSR count). The van der Waals surface area contributed by atoms with E-state index >= 15 is 0 Å². The molecule has 0 aliphatic carbocycles. The van der Waals surface area contributed by atoms with E-state index in [9.17, 15) is 4.79 Å². The number of nitrogens with one attached hydrogen (secondary N) is 1. The maximum absolute atomic E-state index is 12.1. The Kier molecular flexibility index (Phi) is 4.71. The van der Waals surface area contributed by atoms with Crippen LogP contribution < -0.4 is 19.5 Å². The number of amides is 1. The van der Waals surface area contributed by atoms with E-state index in [1.807, 2.05) is 24.3 Å². The van der Waals surface area contributed by atoms with Gasteiger partial charge in [0.2, 0.25) is 5.91 Å². The Balaban J connectivity index is 1.33. The first kappa shape index (κ1) is 16.8. The van der Waals surface area contributed by atoms with E-state index in [0.717, 1.165) is 17.7 Å². The van der Waals surface area contributed by atoms with E-state index in [1.54, 1.807) is 18.2 Å². The van der Waals surface area contributed by atoms with Crippen molar-refractivity contribution in [3.63, 3.8) is 0 Å². The average molecular weight is 372 g/mol. The third-order valence-electron chi connectivity index (χ3n) is 4.26. The van der Waals surface area contributed by atoms with Gasteiger partial charge in [-0.1, -0.05) is 29.8 Å². The van der Waals surface area contributed by atoms with Crippen molar-refractivity contribution in [3.8, 4) is 17.2 Å². The summed E-state index contributed by atoms with van der Waals surface area (Å²) in [6.45, 7) is 1.43. The molecule has 2 aromatic carbocycles. The molecule has 2 aromatic rings. The van der Waals surface area contributed by atoms with Crippen molar-refractivity contribution in [3.05, 3.63) is 58.6 Å². The van der Waals surface area contributed by atoms with E-state index in [-0.39, 0.29) is 12.0 Å². The highest BCUT2D eigenvalue weighted by molar-refractivity contribution is 6.32. The first-order chi connectivity index (χ1) is 12.7. The maximum atomic E-state index is 12.1. The minimum absolute atomic E-state index is 0.0338. The van der Waals surface area contributed by atoms with E-state index in [0.29, 0.717) is 36.3 Å². The number of hydrogen-bond donors (Lipinski definition) is 1. The summed E-state index contributed by atoms with van der Waals surface area (Å²) < 4.78 is 16.8. The van der Waals surface area contributed by atoms with Crippen LogP contribution in [0, 0.1) is 0 Å². The predicted molar refractivity (Wildman–Crippen MR) is 99.0 cm³/mol. The standard InChI is InChI=1S/C20H18ClNO4/c21-16-9-13(10-18-20(16)25-8-7-24-18)5-6-19(23)22-12-15-11-14-3-1-2-4-17(14)26-15/h1-6,9-10,15H,7-8,11-12H2,(H,22,23)/b6-5+. The first-order valence-corrected chi connectivity index (χ1v) is 8.86. The van der Waals surface area contributed by atoms with Crippen LogP contribution in [0.1, 0.15) is 11.1 Å². The quantitative estimate of drug-likeness (QED) is 0.838. The molecular weight excluding hydrogens is 354 g/mol. The van der Waals surface area contributed by atoms with Crippen LogP contribution in [0.2, 0.25) is 5.02 Å². The van der Waals surface area contributed by atoms with Crippen LogP contribution in [0.4, 0.5) is 0 Å². The van der Waals surface area contributed by atoms with Crippen molar-refractivity contribution in [2.24, 2.45) is 0 Å². The summed E-state index contributed by atoms with van der Waals surface area (Å²) in [5.41, 5.74) is 1.95. The first-order valence-electron chi connectivity index (χ1n) is 8.48. The topological polar surface area (TPSA) is 56.8 Å². The van der Waals surface area contributed by atoms with Gasteiger partial charge in [-0.05, 0) is 35.4 Å². The molecule has 0 radical (unpaired) electrons. The fourth-order valence-corrected chi connectivity index (χ4v) is 3.31. The molecule has 1 unspecified atom stereocenters. The number of carbonyl (C=O) groups excluding carboxylic acids is 1. The number of benzene rings is 2. The minimum atomic E-state index is -0.185. The van der Waals surface area contributed by atoms with Crippen molar-refractivity contribution in [2.45, 2.75) is 12.5 Å². The van der Waals surface area contributed by atoms with Crippen LogP contribution in [0.3, 0.4) is 0 Å². The third-order valence-corrected chi connectivity index (χ3v) is 4.54. The van der Waals surface area contributed by atoms with Crippen molar-refractivity contribution in [1.29, 1.82) is 0 Å². The SMILES string of the molecule is O=C(/C=C/c1cc(Cl)c2c(c1)OCCO2)NCC1Cc2ccccc2O1. The summed E-state index contributed by atoms with van der Waals surface area (Å²) in [6.07, 6.45) is 3.94. The number of halogens is 1. The number of carbonyl (C=O) groups is 1. The summed E-state index contributed by atoms with van der Waals surface area (Å²) in [7, 11) is 0. The molecule has 2 aliphatic rings. The normalized spacial score (nSPS) is 17.7. The Morgan fingerprint density at radius 1 is 1.19 bits per heavy atom. The highest BCUT2D eigenvalue weighted by Crippen LogP contribution is 2.38. The predicted octanol–water partition coefficient (Wildman–Crippen LogP) is 3.24. The lowest BCUT2D eigenvalue weighted by molar-refractivity contribution is -0.116. The van der Waals surface area contributed by atoms with E-state index in [4.69, 9.17) is 25.8 Å². The Morgan fingerprint density at radius 3 is 2.92 bits per heavy atom. The molecule has 0 saturated heterocycles. The summed E-state index contributed by atoms with van der Waals surface area (Å²) >= 11 is 6.20. The van der Waals surface area contributed by atoms with E-state index in [1.165, 1.54) is 11.6 Å². The van der Waals surface area contributed by atoms with Gasteiger partial charge >= 0.3 is 0 Å². The van der Waals surface area contributed by atoms with Crippen molar-refractivity contribution in [1.82, 2.24) is 5.32 Å². The van der Waals surface area contributed by atoms with Gasteiger partial charge < -0.3 is 19.5 Å². The van der Waals surface area contributed by atoms with Crippen molar-refractivity contribution < 1.29 is 19.0 Å². The summed E-state index contributed by atoms with van der Waals surface area (Å²) in [4.78, 5) is 12.1. The largest absolute Gasteiger partial charge is 0.488 e. The maximum Gasteiger partial charge on any atom is 0.244 e. The Bertz CT molecular complexity index is 840. The van der Waals surface area contributed by atoms with Gasteiger partial charge in [-0.15, -0.1) is 0 Å². The highest BCUT2D eigenvalue weighted by Gasteiger charge is 2.22. The average Bonchev–Trinajstić information content (AvgIpc) is 3.08. The summed E-state index contributed by atoms with van der Waals surface area (Å²) in [6, 6.07) is 11.5. The van der Waals surface area contributed by atoms with Gasteiger partial charge in [-0.3, -0.25) is 4.79 Å². The smallest absolute Gasteiger partial charge is 0.244 e. The van der Waals surface area contributed by atoms with Gasteiger partial charge in [0, 0.05) is 12.5 Å². The number of fused-ring (bicyclic) bond motifs is 2. The summed E-state index contributed by atoms with van der Waals surface area (Å²) in [5.74, 6) is 1.86. The van der Waals surface area contributed by atoms with Crippen LogP contribution in [0.5, 0.6) is 17.2 Å². The van der Waals surface area contributed by atoms with Gasteiger partial charge in [0.15, 0.2) is 11.5 Å². The zero-order chi connectivity index (χ0) is 17.9. The molecule has 0 aromatic heterocycles. The Morgan fingerprint density at radius 2 is 2.04 bits per heavy atom. The zero-order valence-corrected chi connectivity index (χ0v) is 14.8. The number of para-hydroxylation sites is 1. The van der Waals surface area contributed by atoms with Crippen molar-refractivity contribution in [2.75, 3.05) is 19.8 Å². The Labute approximate surface area is 156 Å². The van der Waals surface area contributed by atoms with Gasteiger partial charge in [0.1, 0.15) is 25.1 Å². The molecule has 26 heavy (non-hydrogen) atoms. The van der Waals surface area contributed by atoms with Gasteiger partial charge in [0.05, 0.1) is 11.6 Å². The zero-order valence-electron chi connectivity index (χ0n) is 14.0. The molecule has 1 atom stereocenters. The Hall–Kier alpha value is -2.66. The summed E-state index contributed by atoms with van der Waals surface area (Å²) in [5, 5.41) is 3.34. The van der Waals surface area contributed by atoms with Crippen LogP contribution in [0.25, 0.3) is 6.08 Å². The van der Waals surface area contributed by atoms with E-state index in [2.05, 4.69) is 5.32 Å². The second kappa shape index (κ2) is 7.30. The van der Waals surface area contributed by atoms with Gasteiger partial charge in [-0.2, -0.15) is 0 Å². The molecule has 0 spiro atoms. The molecule has 134 valence electrons. The van der Waals surface area contributed by atoms with Crippen molar-refractivity contribution >= 4 is 23.6 Å². The monoisotopic (exact) mass is 371 g/mol. The minimum Gasteiger partial charge on any atom is -0.488 e. The fraction of sp³-hybridized carbons (Fsp3) is 0.250. The molecule has 2 aliphatic heterocycles. The second-order valence-corrected chi connectivity index (χ2v) is 6.56. The second-order valence-electron chi connectivity index (χ2n) is 6.16. The molecule has 1 N–H and O–H groups in total. The molecule has 5 nitrogen and oxygen atoms in total. The molecule has 0 bridgehead atoms. The molecular formula is C20H18ClNO4. The molecule has 6 heteroatoms. The third kappa shape index (κ3) is 3.63. The fourth-order valence-electron chi connectivity index (χ4n) is 3.04. The van der Waals surface area contributed by atoms with Crippen LogP contribution in [-0.2, 0) is 11.2 Å². The van der Waals surface area contributed by atoms with Crippen LogP contribution in [-0.4, -0.2) is 31.8 Å². The lowest BCUT2D eigenvalue weighted by Gasteiger charge is -2.19. The lowest BCUT2D eigenvalue weighted by Crippen LogP contribution is -2.33. The van der Waals surface area contributed by atoms with Crippen LogP contribution >= 0.6 is 11.6 Å².